The van der Waals surface area contributed by atoms with Gasteiger partial charge in [-0.05, 0) is 59.9 Å². The standard InChI is InChI=1S/C22H18N2O2S3/c25-20(23-15-6-3-5-14(13-15)22-27-11-4-12-28-22)17-9-10-18(26-17)21-24-16-7-1-2-8-19(16)29-21/h1-3,5-10,13,22H,4,11-12H2,(H,23,25). The lowest BCUT2D eigenvalue weighted by molar-refractivity contribution is 0.0997. The van der Waals surface area contributed by atoms with E-state index in [1.54, 1.807) is 23.5 Å². The van der Waals surface area contributed by atoms with Crippen LogP contribution < -0.4 is 5.32 Å². The van der Waals surface area contributed by atoms with Crippen molar-refractivity contribution in [3.63, 3.8) is 0 Å². The Balaban J connectivity index is 1.32. The van der Waals surface area contributed by atoms with E-state index >= 15 is 0 Å². The average molecular weight is 439 g/mol. The van der Waals surface area contributed by atoms with E-state index in [1.165, 1.54) is 23.5 Å². The number of fused-ring (bicyclic) bond motifs is 1. The molecule has 0 saturated carbocycles. The molecule has 2 aromatic carbocycles. The van der Waals surface area contributed by atoms with Gasteiger partial charge in [0.1, 0.15) is 0 Å². The summed E-state index contributed by atoms with van der Waals surface area (Å²) in [5, 5.41) is 3.74. The minimum Gasteiger partial charge on any atom is -0.448 e. The first-order chi connectivity index (χ1) is 14.3. The van der Waals surface area contributed by atoms with Gasteiger partial charge in [0, 0.05) is 5.69 Å². The molecule has 2 aromatic heterocycles. The van der Waals surface area contributed by atoms with Crippen molar-refractivity contribution in [3.8, 4) is 10.8 Å². The number of hydrogen-bond acceptors (Lipinski definition) is 6. The summed E-state index contributed by atoms with van der Waals surface area (Å²) >= 11 is 5.49. The molecule has 29 heavy (non-hydrogen) atoms. The van der Waals surface area contributed by atoms with Gasteiger partial charge in [0.05, 0.1) is 14.8 Å². The third-order valence-corrected chi connectivity index (χ3v) is 8.64. The highest BCUT2D eigenvalue weighted by atomic mass is 32.2. The summed E-state index contributed by atoms with van der Waals surface area (Å²) in [5.41, 5.74) is 2.97. The van der Waals surface area contributed by atoms with Crippen LogP contribution in [0.3, 0.4) is 0 Å². The Morgan fingerprint density at radius 1 is 1.03 bits per heavy atom. The van der Waals surface area contributed by atoms with Gasteiger partial charge in [-0.25, -0.2) is 4.98 Å². The number of rotatable bonds is 4. The fourth-order valence-corrected chi connectivity index (χ4v) is 6.99. The Kier molecular flexibility index (Phi) is 5.35. The van der Waals surface area contributed by atoms with Crippen LogP contribution in [0.1, 0.15) is 27.1 Å². The first kappa shape index (κ1) is 18.8. The van der Waals surface area contributed by atoms with E-state index in [-0.39, 0.29) is 11.7 Å². The van der Waals surface area contributed by atoms with Crippen LogP contribution in [0.15, 0.2) is 65.1 Å². The second-order valence-corrected chi connectivity index (χ2v) is 10.4. The molecule has 0 bridgehead atoms. The van der Waals surface area contributed by atoms with Gasteiger partial charge >= 0.3 is 0 Å². The molecule has 1 saturated heterocycles. The van der Waals surface area contributed by atoms with E-state index in [4.69, 9.17) is 4.42 Å². The zero-order chi connectivity index (χ0) is 19.6. The molecule has 5 rings (SSSR count). The number of benzene rings is 2. The van der Waals surface area contributed by atoms with Gasteiger partial charge in [-0.3, -0.25) is 4.79 Å². The highest BCUT2D eigenvalue weighted by Gasteiger charge is 2.18. The van der Waals surface area contributed by atoms with E-state index in [1.807, 2.05) is 59.9 Å². The van der Waals surface area contributed by atoms with Gasteiger partial charge in [0.25, 0.3) is 5.91 Å². The molecule has 0 atom stereocenters. The van der Waals surface area contributed by atoms with Gasteiger partial charge in [-0.15, -0.1) is 34.9 Å². The Labute approximate surface area is 181 Å². The van der Waals surface area contributed by atoms with Gasteiger partial charge in [-0.1, -0.05) is 24.3 Å². The first-order valence-electron chi connectivity index (χ1n) is 9.36. The number of thioether (sulfide) groups is 2. The lowest BCUT2D eigenvalue weighted by atomic mass is 10.2. The van der Waals surface area contributed by atoms with Crippen molar-refractivity contribution in [1.82, 2.24) is 4.98 Å². The van der Waals surface area contributed by atoms with Crippen LogP contribution in [0, 0.1) is 0 Å². The second-order valence-electron chi connectivity index (χ2n) is 6.66. The molecule has 1 aliphatic rings. The maximum absolute atomic E-state index is 12.7. The van der Waals surface area contributed by atoms with E-state index in [2.05, 4.69) is 22.4 Å². The molecule has 1 fully saturated rings. The summed E-state index contributed by atoms with van der Waals surface area (Å²) in [4.78, 5) is 17.3. The molecular weight excluding hydrogens is 420 g/mol. The third-order valence-electron chi connectivity index (χ3n) is 4.58. The predicted molar refractivity (Wildman–Crippen MR) is 124 cm³/mol. The number of nitrogens with one attached hydrogen (secondary N) is 1. The van der Waals surface area contributed by atoms with Crippen molar-refractivity contribution in [2.24, 2.45) is 0 Å². The minimum atomic E-state index is -0.251. The number of nitrogens with zero attached hydrogens (tertiary/aromatic N) is 1. The molecule has 0 aliphatic carbocycles. The molecule has 1 amide bonds. The average Bonchev–Trinajstić information content (AvgIpc) is 3.42. The largest absolute Gasteiger partial charge is 0.448 e. The smallest absolute Gasteiger partial charge is 0.291 e. The van der Waals surface area contributed by atoms with Gasteiger partial charge in [-0.2, -0.15) is 0 Å². The van der Waals surface area contributed by atoms with E-state index in [9.17, 15) is 4.79 Å². The molecule has 3 heterocycles. The lowest BCUT2D eigenvalue weighted by Gasteiger charge is -2.21. The lowest BCUT2D eigenvalue weighted by Crippen LogP contribution is -2.11. The summed E-state index contributed by atoms with van der Waals surface area (Å²) in [7, 11) is 0. The molecule has 4 aromatic rings. The van der Waals surface area contributed by atoms with Gasteiger partial charge < -0.3 is 9.73 Å². The number of hydrogen-bond donors (Lipinski definition) is 1. The Bertz CT molecular complexity index is 1130. The maximum atomic E-state index is 12.7. The van der Waals surface area contributed by atoms with Crippen LogP contribution in [-0.2, 0) is 0 Å². The fraction of sp³-hybridized carbons (Fsp3) is 0.182. The quantitative estimate of drug-likeness (QED) is 0.385. The highest BCUT2D eigenvalue weighted by molar-refractivity contribution is 8.16. The summed E-state index contributed by atoms with van der Waals surface area (Å²) in [5.74, 6) is 3.02. The minimum absolute atomic E-state index is 0.251. The predicted octanol–water partition coefficient (Wildman–Crippen LogP) is 6.68. The normalized spacial score (nSPS) is 14.9. The van der Waals surface area contributed by atoms with E-state index < -0.39 is 0 Å². The third kappa shape index (κ3) is 4.08. The van der Waals surface area contributed by atoms with Crippen LogP contribution in [-0.4, -0.2) is 22.4 Å². The molecule has 1 N–H and O–H groups in total. The molecule has 7 heteroatoms. The van der Waals surface area contributed by atoms with E-state index in [0.29, 0.717) is 10.3 Å². The molecule has 0 unspecified atom stereocenters. The van der Waals surface area contributed by atoms with Crippen LogP contribution in [0.25, 0.3) is 21.0 Å². The maximum Gasteiger partial charge on any atom is 0.291 e. The number of para-hydroxylation sites is 1. The monoisotopic (exact) mass is 438 g/mol. The van der Waals surface area contributed by atoms with Crippen molar-refractivity contribution in [3.05, 3.63) is 72.0 Å². The molecule has 146 valence electrons. The first-order valence-corrected chi connectivity index (χ1v) is 12.3. The number of carbonyl (C=O) groups excluding carboxylic acids is 1. The Hall–Kier alpha value is -2.22. The summed E-state index contributed by atoms with van der Waals surface area (Å²) in [6.45, 7) is 0. The zero-order valence-corrected chi connectivity index (χ0v) is 17.9. The van der Waals surface area contributed by atoms with Gasteiger partial charge in [0.2, 0.25) is 0 Å². The number of carbonyl (C=O) groups is 1. The van der Waals surface area contributed by atoms with Crippen LogP contribution >= 0.6 is 34.9 Å². The van der Waals surface area contributed by atoms with Crippen LogP contribution in [0.2, 0.25) is 0 Å². The van der Waals surface area contributed by atoms with Crippen molar-refractivity contribution in [1.29, 1.82) is 0 Å². The van der Waals surface area contributed by atoms with Crippen molar-refractivity contribution < 1.29 is 9.21 Å². The molecule has 0 spiro atoms. The summed E-state index contributed by atoms with van der Waals surface area (Å²) < 4.78 is 7.34. The number of furan rings is 1. The number of thiazole rings is 1. The Morgan fingerprint density at radius 2 is 1.90 bits per heavy atom. The number of aromatic nitrogens is 1. The van der Waals surface area contributed by atoms with Crippen molar-refractivity contribution in [2.45, 2.75) is 11.0 Å². The SMILES string of the molecule is O=C(Nc1cccc(C2SCCCS2)c1)c1ccc(-c2nc3ccccc3s2)o1. The zero-order valence-electron chi connectivity index (χ0n) is 15.5. The number of amides is 1. The molecule has 0 radical (unpaired) electrons. The molecule has 1 aliphatic heterocycles. The summed E-state index contributed by atoms with van der Waals surface area (Å²) in [6.07, 6.45) is 1.26. The van der Waals surface area contributed by atoms with Crippen molar-refractivity contribution in [2.75, 3.05) is 16.8 Å². The van der Waals surface area contributed by atoms with Gasteiger partial charge in [0.15, 0.2) is 16.5 Å². The summed E-state index contributed by atoms with van der Waals surface area (Å²) in [6, 6.07) is 19.6. The Morgan fingerprint density at radius 3 is 2.76 bits per heavy atom. The molecule has 4 nitrogen and oxygen atoms in total. The van der Waals surface area contributed by atoms with Crippen LogP contribution in [0.5, 0.6) is 0 Å². The molecular formula is C22H18N2O2S3. The second kappa shape index (κ2) is 8.26. The van der Waals surface area contributed by atoms with Crippen LogP contribution in [0.4, 0.5) is 5.69 Å². The van der Waals surface area contributed by atoms with E-state index in [0.717, 1.165) is 20.9 Å². The topological polar surface area (TPSA) is 55.1 Å². The fourth-order valence-electron chi connectivity index (χ4n) is 3.19. The number of anilines is 1. The van der Waals surface area contributed by atoms with Crippen molar-refractivity contribution >= 4 is 56.7 Å². The highest BCUT2D eigenvalue weighted by Crippen LogP contribution is 2.44.